The van der Waals surface area contributed by atoms with Crippen molar-refractivity contribution in [3.63, 3.8) is 0 Å². The molecule has 22 heavy (non-hydrogen) atoms. The van der Waals surface area contributed by atoms with Crippen LogP contribution in [0.15, 0.2) is 36.4 Å². The van der Waals surface area contributed by atoms with Crippen molar-refractivity contribution in [2.24, 2.45) is 0 Å². The van der Waals surface area contributed by atoms with Crippen molar-refractivity contribution < 1.29 is 19.1 Å². The average molecular weight is 302 g/mol. The molecule has 4 nitrogen and oxygen atoms in total. The fourth-order valence-electron chi connectivity index (χ4n) is 2.07. The summed E-state index contributed by atoms with van der Waals surface area (Å²) in [6, 6.07) is 11.4. The molecule has 1 unspecified atom stereocenters. The van der Waals surface area contributed by atoms with Gasteiger partial charge >= 0.3 is 5.97 Å². The van der Waals surface area contributed by atoms with E-state index < -0.39 is 0 Å². The molecule has 0 saturated heterocycles. The van der Waals surface area contributed by atoms with Crippen LogP contribution in [0.5, 0.6) is 0 Å². The number of carbonyl (C=O) groups excluding carboxylic acids is 2. The summed E-state index contributed by atoms with van der Waals surface area (Å²) < 4.78 is 9.00. The van der Waals surface area contributed by atoms with Crippen LogP contribution in [0.4, 0.5) is 0 Å². The minimum atomic E-state index is -0.290. The largest absolute Gasteiger partial charge is 0.469 e. The van der Waals surface area contributed by atoms with E-state index in [0.29, 0.717) is 5.56 Å². The van der Waals surface area contributed by atoms with Crippen LogP contribution < -0.4 is 0 Å². The molecule has 4 heteroatoms. The fraction of sp³-hybridized carbons (Fsp3) is 0.333. The first-order chi connectivity index (χ1) is 10.4. The van der Waals surface area contributed by atoms with Gasteiger partial charge in [0.2, 0.25) is 0 Å². The lowest BCUT2D eigenvalue weighted by molar-refractivity contribution is -0.141. The van der Waals surface area contributed by atoms with Crippen LogP contribution in [-0.2, 0) is 14.3 Å². The molecular weight excluding hydrogens is 280 g/mol. The molecule has 0 aliphatic rings. The van der Waals surface area contributed by atoms with Gasteiger partial charge in [-0.1, -0.05) is 30.3 Å². The number of hydrogen-bond acceptors (Lipinski definition) is 4. The molecule has 0 aliphatic carbocycles. The van der Waals surface area contributed by atoms with Gasteiger partial charge in [0.05, 0.1) is 13.0 Å². The molecular formula is C18H22O4. The predicted octanol–water partition coefficient (Wildman–Crippen LogP) is 3.58. The van der Waals surface area contributed by atoms with Gasteiger partial charge < -0.3 is 9.47 Å². The predicted molar refractivity (Wildman–Crippen MR) is 87.3 cm³/mol. The molecule has 1 atom stereocenters. The molecule has 0 aliphatic heterocycles. The van der Waals surface area contributed by atoms with E-state index in [1.807, 2.05) is 37.3 Å². The highest BCUT2D eigenvalue weighted by molar-refractivity contribution is 5.98. The van der Waals surface area contributed by atoms with E-state index in [2.05, 4.69) is 4.74 Å². The number of ketones is 1. The number of ether oxygens (including phenoxy) is 2. The van der Waals surface area contributed by atoms with Gasteiger partial charge in [-0.15, -0.1) is 0 Å². The molecule has 0 saturated carbocycles. The van der Waals surface area contributed by atoms with Gasteiger partial charge in [0.25, 0.3) is 0 Å². The lowest BCUT2D eigenvalue weighted by Gasteiger charge is -2.10. The van der Waals surface area contributed by atoms with E-state index in [9.17, 15) is 9.59 Å². The zero-order valence-electron chi connectivity index (χ0n) is 13.7. The van der Waals surface area contributed by atoms with Gasteiger partial charge in [-0.05, 0) is 36.2 Å². The molecule has 0 spiro atoms. The number of fused-ring (bicyclic) bond motifs is 1. The standard InChI is InChI=1S/C16H16O3.C2H6O/c1-10(16(18)19-3)12-4-6-15-9-13(11(2)17)5-7-14(15)8-12;1-3-2/h4-10H,1-3H3;1-2H3. The van der Waals surface area contributed by atoms with E-state index in [1.165, 1.54) is 7.11 Å². The first-order valence-corrected chi connectivity index (χ1v) is 6.97. The van der Waals surface area contributed by atoms with Gasteiger partial charge in [-0.3, -0.25) is 9.59 Å². The number of hydrogen-bond donors (Lipinski definition) is 0. The molecule has 2 aromatic rings. The summed E-state index contributed by atoms with van der Waals surface area (Å²) in [4.78, 5) is 22.9. The molecule has 2 rings (SSSR count). The van der Waals surface area contributed by atoms with Crippen LogP contribution in [0.1, 0.15) is 35.7 Å². The maximum absolute atomic E-state index is 11.5. The number of carbonyl (C=O) groups is 2. The first kappa shape index (κ1) is 17.9. The molecule has 0 fully saturated rings. The quantitative estimate of drug-likeness (QED) is 0.642. The van der Waals surface area contributed by atoms with Crippen LogP contribution in [0.3, 0.4) is 0 Å². The zero-order valence-corrected chi connectivity index (χ0v) is 13.7. The Morgan fingerprint density at radius 2 is 1.50 bits per heavy atom. The smallest absolute Gasteiger partial charge is 0.312 e. The van der Waals surface area contributed by atoms with Crippen molar-refractivity contribution in [1.82, 2.24) is 0 Å². The highest BCUT2D eigenvalue weighted by atomic mass is 16.5. The topological polar surface area (TPSA) is 52.6 Å². The van der Waals surface area contributed by atoms with Crippen molar-refractivity contribution in [1.29, 1.82) is 0 Å². The number of Topliss-reactive ketones (excluding diaryl/α,β-unsaturated/α-hetero) is 1. The Hall–Kier alpha value is -2.20. The van der Waals surface area contributed by atoms with Crippen molar-refractivity contribution in [3.8, 4) is 0 Å². The summed E-state index contributed by atoms with van der Waals surface area (Å²) in [5.41, 5.74) is 1.61. The Morgan fingerprint density at radius 1 is 0.955 bits per heavy atom. The second kappa shape index (κ2) is 8.29. The highest BCUT2D eigenvalue weighted by Crippen LogP contribution is 2.23. The zero-order chi connectivity index (χ0) is 16.7. The van der Waals surface area contributed by atoms with Crippen LogP contribution in [0.2, 0.25) is 0 Å². The third-order valence-electron chi connectivity index (χ3n) is 3.33. The maximum atomic E-state index is 11.5. The van der Waals surface area contributed by atoms with Gasteiger partial charge in [-0.25, -0.2) is 0 Å². The SMILES string of the molecule is COC.COC(=O)C(C)c1ccc2cc(C(C)=O)ccc2c1. The molecule has 0 heterocycles. The molecule has 118 valence electrons. The summed E-state index contributed by atoms with van der Waals surface area (Å²) in [6.45, 7) is 3.37. The molecule has 0 bridgehead atoms. The van der Waals surface area contributed by atoms with Crippen LogP contribution >= 0.6 is 0 Å². The van der Waals surface area contributed by atoms with Crippen LogP contribution in [-0.4, -0.2) is 33.1 Å². The maximum Gasteiger partial charge on any atom is 0.312 e. The van der Waals surface area contributed by atoms with Gasteiger partial charge in [0.1, 0.15) is 0 Å². The molecule has 0 radical (unpaired) electrons. The van der Waals surface area contributed by atoms with Crippen LogP contribution in [0, 0.1) is 0 Å². The molecule has 0 aromatic heterocycles. The Bertz CT molecular complexity index is 661. The summed E-state index contributed by atoms with van der Waals surface area (Å²) >= 11 is 0. The van der Waals surface area contributed by atoms with Crippen molar-refractivity contribution in [2.75, 3.05) is 21.3 Å². The number of esters is 1. The van der Waals surface area contributed by atoms with Crippen LogP contribution in [0.25, 0.3) is 10.8 Å². The highest BCUT2D eigenvalue weighted by Gasteiger charge is 2.15. The normalized spacial score (nSPS) is 11.3. The van der Waals surface area contributed by atoms with Gasteiger partial charge in [-0.2, -0.15) is 0 Å². The minimum Gasteiger partial charge on any atom is -0.469 e. The monoisotopic (exact) mass is 302 g/mol. The fourth-order valence-corrected chi connectivity index (χ4v) is 2.07. The summed E-state index contributed by atoms with van der Waals surface area (Å²) in [7, 11) is 4.64. The third kappa shape index (κ3) is 4.40. The van der Waals surface area contributed by atoms with Crippen molar-refractivity contribution in [3.05, 3.63) is 47.5 Å². The lowest BCUT2D eigenvalue weighted by atomic mass is 9.96. The Labute approximate surface area is 131 Å². The lowest BCUT2D eigenvalue weighted by Crippen LogP contribution is -2.10. The molecule has 2 aromatic carbocycles. The number of rotatable bonds is 3. The second-order valence-corrected chi connectivity index (χ2v) is 5.03. The van der Waals surface area contributed by atoms with E-state index in [0.717, 1.165) is 16.3 Å². The third-order valence-corrected chi connectivity index (χ3v) is 3.33. The molecule has 0 N–H and O–H groups in total. The van der Waals surface area contributed by atoms with Crippen molar-refractivity contribution in [2.45, 2.75) is 19.8 Å². The Kier molecular flexibility index (Phi) is 6.73. The second-order valence-electron chi connectivity index (χ2n) is 5.03. The minimum absolute atomic E-state index is 0.0499. The Morgan fingerprint density at radius 3 is 2.05 bits per heavy atom. The summed E-state index contributed by atoms with van der Waals surface area (Å²) in [6.07, 6.45) is 0. The molecule has 0 amide bonds. The number of benzene rings is 2. The van der Waals surface area contributed by atoms with E-state index >= 15 is 0 Å². The van der Waals surface area contributed by atoms with E-state index in [1.54, 1.807) is 27.2 Å². The van der Waals surface area contributed by atoms with Gasteiger partial charge in [0, 0.05) is 19.8 Å². The van der Waals surface area contributed by atoms with Crippen molar-refractivity contribution >= 4 is 22.5 Å². The first-order valence-electron chi connectivity index (χ1n) is 6.97. The summed E-state index contributed by atoms with van der Waals surface area (Å²) in [5, 5.41) is 2.01. The van der Waals surface area contributed by atoms with E-state index in [-0.39, 0.29) is 17.7 Å². The summed E-state index contributed by atoms with van der Waals surface area (Å²) in [5.74, 6) is -0.490. The van der Waals surface area contributed by atoms with Gasteiger partial charge in [0.15, 0.2) is 5.78 Å². The number of methoxy groups -OCH3 is 2. The average Bonchev–Trinajstić information content (AvgIpc) is 2.53. The van der Waals surface area contributed by atoms with E-state index in [4.69, 9.17) is 4.74 Å². The Balaban J connectivity index is 0.000000745.